The van der Waals surface area contributed by atoms with Gasteiger partial charge in [0.1, 0.15) is 11.7 Å². The zero-order valence-corrected chi connectivity index (χ0v) is 10.5. The number of carbonyl (C=O) groups excluding carboxylic acids is 2. The number of nitrogens with one attached hydrogen (secondary N) is 2. The first kappa shape index (κ1) is 13.5. The average molecular weight is 271 g/mol. The van der Waals surface area contributed by atoms with Gasteiger partial charge in [0.2, 0.25) is 5.91 Å². The number of alkyl halides is 2. The van der Waals surface area contributed by atoms with Crippen LogP contribution in [0.25, 0.3) is 0 Å². The molecule has 0 bridgehead atoms. The number of piperidine rings is 1. The van der Waals surface area contributed by atoms with Gasteiger partial charge in [-0.05, 0) is 31.9 Å². The molecule has 0 saturated carbocycles. The molecule has 1 fully saturated rings. The van der Waals surface area contributed by atoms with E-state index in [1.165, 1.54) is 19.1 Å². The molecule has 1 aliphatic heterocycles. The maximum atomic E-state index is 12.8. The van der Waals surface area contributed by atoms with Gasteiger partial charge in [0.15, 0.2) is 0 Å². The minimum atomic E-state index is -2.78. The van der Waals surface area contributed by atoms with E-state index in [0.717, 1.165) is 6.42 Å². The first-order chi connectivity index (χ1) is 9.00. The second kappa shape index (κ2) is 5.38. The predicted octanol–water partition coefficient (Wildman–Crippen LogP) is 1.20. The van der Waals surface area contributed by atoms with Crippen LogP contribution in [0.3, 0.4) is 0 Å². The number of rotatable bonds is 3. The third-order valence-corrected chi connectivity index (χ3v) is 3.14. The number of aromatic nitrogens is 1. The first-order valence-corrected chi connectivity index (χ1v) is 6.05. The molecule has 1 aromatic rings. The number of halogens is 2. The van der Waals surface area contributed by atoms with Crippen molar-refractivity contribution in [3.8, 4) is 0 Å². The molecule has 0 spiro atoms. The molecule has 0 radical (unpaired) electrons. The lowest BCUT2D eigenvalue weighted by Gasteiger charge is -2.23. The van der Waals surface area contributed by atoms with Crippen molar-refractivity contribution in [2.75, 3.05) is 6.54 Å². The first-order valence-electron chi connectivity index (χ1n) is 6.05. The highest BCUT2D eigenvalue weighted by Crippen LogP contribution is 2.19. The largest absolute Gasteiger partial charge is 0.354 e. The lowest BCUT2D eigenvalue weighted by atomic mass is 10.1. The molecule has 104 valence electrons. The van der Waals surface area contributed by atoms with Crippen LogP contribution >= 0.6 is 0 Å². The van der Waals surface area contributed by atoms with E-state index in [4.69, 9.17) is 0 Å². The smallest absolute Gasteiger partial charge is 0.319 e. The molecule has 2 amide bonds. The minimum Gasteiger partial charge on any atom is -0.354 e. The Morgan fingerprint density at radius 3 is 2.89 bits per heavy atom. The van der Waals surface area contributed by atoms with Gasteiger partial charge in [0.25, 0.3) is 5.91 Å². The maximum Gasteiger partial charge on any atom is 0.319 e. The third-order valence-electron chi connectivity index (χ3n) is 3.14. The maximum absolute atomic E-state index is 12.8. The number of hydrogen-bond acceptors (Lipinski definition) is 2. The lowest BCUT2D eigenvalue weighted by molar-refractivity contribution is -0.124. The fourth-order valence-corrected chi connectivity index (χ4v) is 2.14. The Morgan fingerprint density at radius 2 is 2.26 bits per heavy atom. The summed E-state index contributed by atoms with van der Waals surface area (Å²) in [5.41, 5.74) is 0.166. The fourth-order valence-electron chi connectivity index (χ4n) is 2.14. The Kier molecular flexibility index (Phi) is 3.82. The van der Waals surface area contributed by atoms with Gasteiger partial charge in [-0.3, -0.25) is 14.2 Å². The molecule has 1 aliphatic rings. The zero-order valence-electron chi connectivity index (χ0n) is 10.5. The SMILES string of the molecule is Cc1ccc(C(=O)N[C@@H]2CCCNC2=O)n1C(F)F. The van der Waals surface area contributed by atoms with Crippen molar-refractivity contribution in [1.29, 1.82) is 0 Å². The standard InChI is InChI=1S/C12H15F2N3O2/c1-7-4-5-9(17(7)12(13)14)11(19)16-8-3-2-6-15-10(8)18/h4-5,8,12H,2-3,6H2,1H3,(H,15,18)(H,16,19)/t8-/m1/s1. The van der Waals surface area contributed by atoms with Crippen LogP contribution in [0.15, 0.2) is 12.1 Å². The molecule has 2 rings (SSSR count). The van der Waals surface area contributed by atoms with Crippen molar-refractivity contribution >= 4 is 11.8 Å². The van der Waals surface area contributed by atoms with E-state index in [2.05, 4.69) is 10.6 Å². The van der Waals surface area contributed by atoms with Crippen molar-refractivity contribution in [2.45, 2.75) is 32.4 Å². The van der Waals surface area contributed by atoms with Crippen LogP contribution < -0.4 is 10.6 Å². The van der Waals surface area contributed by atoms with Crippen LogP contribution in [0.1, 0.15) is 35.6 Å². The van der Waals surface area contributed by atoms with E-state index in [1.54, 1.807) is 0 Å². The Bertz CT molecular complexity index is 499. The lowest BCUT2D eigenvalue weighted by Crippen LogP contribution is -2.50. The summed E-state index contributed by atoms with van der Waals surface area (Å²) in [6.45, 7) is -0.704. The molecule has 1 aromatic heterocycles. The number of nitrogens with zero attached hydrogens (tertiary/aromatic N) is 1. The summed E-state index contributed by atoms with van der Waals surface area (Å²) in [4.78, 5) is 23.5. The molecule has 19 heavy (non-hydrogen) atoms. The van der Waals surface area contributed by atoms with Crippen LogP contribution in [0, 0.1) is 6.92 Å². The van der Waals surface area contributed by atoms with E-state index >= 15 is 0 Å². The summed E-state index contributed by atoms with van der Waals surface area (Å²) in [5, 5.41) is 5.11. The summed E-state index contributed by atoms with van der Waals surface area (Å²) in [5.74, 6) is -0.929. The quantitative estimate of drug-likeness (QED) is 0.867. The molecule has 0 aliphatic carbocycles. The molecule has 7 heteroatoms. The normalized spacial score (nSPS) is 19.4. The summed E-state index contributed by atoms with van der Waals surface area (Å²) >= 11 is 0. The Labute approximate surface area is 109 Å². The molecule has 0 aromatic carbocycles. The van der Waals surface area contributed by atoms with Gasteiger partial charge in [-0.15, -0.1) is 0 Å². The van der Waals surface area contributed by atoms with Crippen LogP contribution in [-0.2, 0) is 4.79 Å². The van der Waals surface area contributed by atoms with Crippen LogP contribution in [0.2, 0.25) is 0 Å². The number of aryl methyl sites for hydroxylation is 1. The van der Waals surface area contributed by atoms with Crippen LogP contribution in [-0.4, -0.2) is 29.0 Å². The highest BCUT2D eigenvalue weighted by Gasteiger charge is 2.26. The summed E-state index contributed by atoms with van der Waals surface area (Å²) in [6, 6.07) is 2.13. The predicted molar refractivity (Wildman–Crippen MR) is 63.9 cm³/mol. The van der Waals surface area contributed by atoms with Crippen molar-refractivity contribution in [1.82, 2.24) is 15.2 Å². The molecule has 5 nitrogen and oxygen atoms in total. The van der Waals surface area contributed by atoms with Gasteiger partial charge in [0.05, 0.1) is 0 Å². The molecule has 1 atom stereocenters. The van der Waals surface area contributed by atoms with Gasteiger partial charge in [-0.2, -0.15) is 8.78 Å². The molecule has 0 unspecified atom stereocenters. The monoisotopic (exact) mass is 271 g/mol. The molecule has 2 N–H and O–H groups in total. The van der Waals surface area contributed by atoms with Crippen LogP contribution in [0.5, 0.6) is 0 Å². The van der Waals surface area contributed by atoms with E-state index in [0.29, 0.717) is 23.2 Å². The topological polar surface area (TPSA) is 63.1 Å². The molecule has 2 heterocycles. The second-order valence-corrected chi connectivity index (χ2v) is 4.47. The van der Waals surface area contributed by atoms with E-state index in [-0.39, 0.29) is 11.6 Å². The van der Waals surface area contributed by atoms with E-state index < -0.39 is 18.5 Å². The number of hydrogen-bond donors (Lipinski definition) is 2. The molecular formula is C12H15F2N3O2. The Balaban J connectivity index is 2.14. The van der Waals surface area contributed by atoms with Crippen molar-refractivity contribution in [3.05, 3.63) is 23.5 Å². The van der Waals surface area contributed by atoms with Gasteiger partial charge >= 0.3 is 6.55 Å². The van der Waals surface area contributed by atoms with Crippen molar-refractivity contribution < 1.29 is 18.4 Å². The zero-order chi connectivity index (χ0) is 14.0. The Morgan fingerprint density at radius 1 is 1.53 bits per heavy atom. The average Bonchev–Trinajstić information content (AvgIpc) is 2.74. The summed E-state index contributed by atoms with van der Waals surface area (Å²) in [7, 11) is 0. The third kappa shape index (κ3) is 2.74. The van der Waals surface area contributed by atoms with Gasteiger partial charge in [-0.1, -0.05) is 0 Å². The summed E-state index contributed by atoms with van der Waals surface area (Å²) in [6.07, 6.45) is 1.28. The highest BCUT2D eigenvalue weighted by molar-refractivity contribution is 5.96. The van der Waals surface area contributed by atoms with Gasteiger partial charge < -0.3 is 10.6 Å². The second-order valence-electron chi connectivity index (χ2n) is 4.47. The fraction of sp³-hybridized carbons (Fsp3) is 0.500. The minimum absolute atomic E-state index is 0.133. The van der Waals surface area contributed by atoms with Crippen LogP contribution in [0.4, 0.5) is 8.78 Å². The van der Waals surface area contributed by atoms with Gasteiger partial charge in [0, 0.05) is 12.2 Å². The highest BCUT2D eigenvalue weighted by atomic mass is 19.3. The summed E-state index contributed by atoms with van der Waals surface area (Å²) < 4.78 is 26.3. The Hall–Kier alpha value is -1.92. The van der Waals surface area contributed by atoms with Crippen molar-refractivity contribution in [2.24, 2.45) is 0 Å². The van der Waals surface area contributed by atoms with Gasteiger partial charge in [-0.25, -0.2) is 0 Å². The van der Waals surface area contributed by atoms with E-state index in [1.807, 2.05) is 0 Å². The number of carbonyl (C=O) groups is 2. The van der Waals surface area contributed by atoms with Crippen molar-refractivity contribution in [3.63, 3.8) is 0 Å². The molecule has 1 saturated heterocycles. The van der Waals surface area contributed by atoms with E-state index in [9.17, 15) is 18.4 Å². The molecular weight excluding hydrogens is 256 g/mol. The number of amides is 2.